The maximum Gasteiger partial charge on any atom is 0.326 e. The van der Waals surface area contributed by atoms with E-state index in [1.54, 1.807) is 31.4 Å². The lowest BCUT2D eigenvalue weighted by molar-refractivity contribution is -0.130. The van der Waals surface area contributed by atoms with E-state index in [9.17, 15) is 14.7 Å². The van der Waals surface area contributed by atoms with E-state index in [0.717, 1.165) is 10.5 Å². The lowest BCUT2D eigenvalue weighted by atomic mass is 10.2. The third-order valence-corrected chi connectivity index (χ3v) is 2.51. The maximum atomic E-state index is 11.4. The van der Waals surface area contributed by atoms with Crippen molar-refractivity contribution in [1.82, 2.24) is 10.2 Å². The van der Waals surface area contributed by atoms with Crippen molar-refractivity contribution in [1.29, 1.82) is 0 Å². The van der Waals surface area contributed by atoms with Crippen LogP contribution in [0.1, 0.15) is 5.56 Å². The van der Waals surface area contributed by atoms with E-state index >= 15 is 0 Å². The summed E-state index contributed by atoms with van der Waals surface area (Å²) in [6.45, 7) is 0.149. The molecule has 1 saturated heterocycles. The Bertz CT molecular complexity index is 461. The van der Waals surface area contributed by atoms with Gasteiger partial charge in [-0.1, -0.05) is 12.1 Å². The van der Waals surface area contributed by atoms with Crippen molar-refractivity contribution in [3.8, 4) is 5.75 Å². The van der Waals surface area contributed by atoms with E-state index < -0.39 is 18.2 Å². The lowest BCUT2D eigenvalue weighted by Crippen LogP contribution is -2.34. The zero-order chi connectivity index (χ0) is 12.4. The Kier molecular flexibility index (Phi) is 2.97. The molecule has 0 bridgehead atoms. The van der Waals surface area contributed by atoms with Crippen LogP contribution in [0.3, 0.4) is 0 Å². The summed E-state index contributed by atoms with van der Waals surface area (Å²) >= 11 is 0. The topological polar surface area (TPSA) is 78.9 Å². The van der Waals surface area contributed by atoms with Gasteiger partial charge in [0.2, 0.25) is 6.23 Å². The van der Waals surface area contributed by atoms with Crippen LogP contribution in [0.2, 0.25) is 0 Å². The Labute approximate surface area is 97.8 Å². The molecule has 90 valence electrons. The number of ether oxygens (including phenoxy) is 1. The number of aliphatic hydroxyl groups is 1. The van der Waals surface area contributed by atoms with Crippen LogP contribution >= 0.6 is 0 Å². The number of imide groups is 1. The molecule has 0 aromatic heterocycles. The van der Waals surface area contributed by atoms with Gasteiger partial charge in [-0.05, 0) is 17.7 Å². The number of nitrogens with one attached hydrogen (secondary N) is 1. The van der Waals surface area contributed by atoms with E-state index in [0.29, 0.717) is 5.75 Å². The van der Waals surface area contributed by atoms with Crippen LogP contribution in [0, 0.1) is 0 Å². The number of methoxy groups -OCH3 is 1. The average molecular weight is 236 g/mol. The monoisotopic (exact) mass is 236 g/mol. The molecule has 6 nitrogen and oxygen atoms in total. The number of amides is 3. The van der Waals surface area contributed by atoms with E-state index in [4.69, 9.17) is 4.74 Å². The molecule has 1 fully saturated rings. The third-order valence-electron chi connectivity index (χ3n) is 2.51. The van der Waals surface area contributed by atoms with Gasteiger partial charge < -0.3 is 9.84 Å². The summed E-state index contributed by atoms with van der Waals surface area (Å²) in [7, 11) is 1.54. The Morgan fingerprint density at radius 1 is 1.47 bits per heavy atom. The predicted molar refractivity (Wildman–Crippen MR) is 58.1 cm³/mol. The summed E-state index contributed by atoms with van der Waals surface area (Å²) in [5, 5.41) is 11.5. The molecular weight excluding hydrogens is 224 g/mol. The summed E-state index contributed by atoms with van der Waals surface area (Å²) in [5.41, 5.74) is 0.772. The van der Waals surface area contributed by atoms with Crippen molar-refractivity contribution < 1.29 is 19.4 Å². The molecule has 17 heavy (non-hydrogen) atoms. The number of carbonyl (C=O) groups excluding carboxylic acids is 2. The predicted octanol–water partition coefficient (Wildman–Crippen LogP) is 0.0654. The van der Waals surface area contributed by atoms with Gasteiger partial charge in [0.15, 0.2) is 0 Å². The number of urea groups is 1. The first-order valence-electron chi connectivity index (χ1n) is 5.04. The molecule has 0 aliphatic carbocycles. The molecule has 0 spiro atoms. The highest BCUT2D eigenvalue weighted by Gasteiger charge is 2.36. The zero-order valence-corrected chi connectivity index (χ0v) is 9.21. The van der Waals surface area contributed by atoms with Gasteiger partial charge in [-0.25, -0.2) is 4.79 Å². The molecule has 1 aliphatic rings. The molecule has 1 aromatic rings. The standard InChI is InChI=1S/C11H12N2O4/c1-17-8-4-2-3-7(5-8)6-13-10(15)9(14)12-11(13)16/h2-5,10,15H,6H2,1H3,(H,12,14,16). The van der Waals surface area contributed by atoms with Crippen molar-refractivity contribution in [2.24, 2.45) is 0 Å². The quantitative estimate of drug-likeness (QED) is 0.728. The Morgan fingerprint density at radius 2 is 2.24 bits per heavy atom. The molecule has 1 aromatic carbocycles. The zero-order valence-electron chi connectivity index (χ0n) is 9.21. The van der Waals surface area contributed by atoms with Crippen molar-refractivity contribution in [2.45, 2.75) is 12.8 Å². The molecule has 1 atom stereocenters. The second-order valence-corrected chi connectivity index (χ2v) is 3.65. The van der Waals surface area contributed by atoms with Gasteiger partial charge in [0.05, 0.1) is 13.7 Å². The normalized spacial score (nSPS) is 19.4. The van der Waals surface area contributed by atoms with Gasteiger partial charge in [0, 0.05) is 0 Å². The van der Waals surface area contributed by atoms with Crippen molar-refractivity contribution >= 4 is 11.9 Å². The highest BCUT2D eigenvalue weighted by atomic mass is 16.5. The van der Waals surface area contributed by atoms with Crippen LogP contribution in [-0.2, 0) is 11.3 Å². The molecule has 2 rings (SSSR count). The molecule has 0 radical (unpaired) electrons. The van der Waals surface area contributed by atoms with E-state index in [2.05, 4.69) is 0 Å². The van der Waals surface area contributed by atoms with E-state index in [-0.39, 0.29) is 6.54 Å². The number of benzene rings is 1. The molecular formula is C11H12N2O4. The van der Waals surface area contributed by atoms with Gasteiger partial charge in [0.25, 0.3) is 5.91 Å². The minimum Gasteiger partial charge on any atom is -0.497 e. The van der Waals surface area contributed by atoms with E-state index in [1.165, 1.54) is 0 Å². The maximum absolute atomic E-state index is 11.4. The average Bonchev–Trinajstić information content (AvgIpc) is 2.56. The molecule has 3 amide bonds. The largest absolute Gasteiger partial charge is 0.497 e. The summed E-state index contributed by atoms with van der Waals surface area (Å²) in [6.07, 6.45) is -1.42. The summed E-state index contributed by atoms with van der Waals surface area (Å²) < 4.78 is 5.05. The Morgan fingerprint density at radius 3 is 2.82 bits per heavy atom. The molecule has 0 saturated carbocycles. The summed E-state index contributed by atoms with van der Waals surface area (Å²) in [4.78, 5) is 23.5. The number of hydrogen-bond acceptors (Lipinski definition) is 4. The van der Waals surface area contributed by atoms with Gasteiger partial charge >= 0.3 is 6.03 Å². The highest BCUT2D eigenvalue weighted by molar-refractivity contribution is 6.03. The van der Waals surface area contributed by atoms with Crippen LogP contribution in [0.15, 0.2) is 24.3 Å². The summed E-state index contributed by atoms with van der Waals surface area (Å²) in [5.74, 6) is -0.0409. The number of carbonyl (C=O) groups is 2. The fourth-order valence-corrected chi connectivity index (χ4v) is 1.62. The van der Waals surface area contributed by atoms with Crippen LogP contribution in [-0.4, -0.2) is 35.3 Å². The third kappa shape index (κ3) is 2.21. The molecule has 6 heteroatoms. The SMILES string of the molecule is COc1cccc(CN2C(=O)NC(=O)C2O)c1. The highest BCUT2D eigenvalue weighted by Crippen LogP contribution is 2.16. The molecule has 1 heterocycles. The smallest absolute Gasteiger partial charge is 0.326 e. The van der Waals surface area contributed by atoms with E-state index in [1.807, 2.05) is 5.32 Å². The van der Waals surface area contributed by atoms with Crippen molar-refractivity contribution in [2.75, 3.05) is 7.11 Å². The minimum absolute atomic E-state index is 0.149. The van der Waals surface area contributed by atoms with Crippen molar-refractivity contribution in [3.63, 3.8) is 0 Å². The van der Waals surface area contributed by atoms with Gasteiger partial charge in [-0.2, -0.15) is 0 Å². The number of hydrogen-bond donors (Lipinski definition) is 2. The number of aliphatic hydroxyl groups excluding tert-OH is 1. The fourth-order valence-electron chi connectivity index (χ4n) is 1.62. The first-order chi connectivity index (χ1) is 8.11. The molecule has 1 unspecified atom stereocenters. The van der Waals surface area contributed by atoms with Crippen LogP contribution < -0.4 is 10.1 Å². The number of nitrogens with zero attached hydrogens (tertiary/aromatic N) is 1. The molecule has 2 N–H and O–H groups in total. The van der Waals surface area contributed by atoms with Crippen LogP contribution in [0.5, 0.6) is 5.75 Å². The Balaban J connectivity index is 2.15. The van der Waals surface area contributed by atoms with Gasteiger partial charge in [-0.3, -0.25) is 15.0 Å². The van der Waals surface area contributed by atoms with Gasteiger partial charge in [-0.15, -0.1) is 0 Å². The fraction of sp³-hybridized carbons (Fsp3) is 0.273. The Hall–Kier alpha value is -2.08. The first-order valence-corrected chi connectivity index (χ1v) is 5.04. The lowest BCUT2D eigenvalue weighted by Gasteiger charge is -2.17. The number of rotatable bonds is 3. The van der Waals surface area contributed by atoms with Crippen LogP contribution in [0.25, 0.3) is 0 Å². The second kappa shape index (κ2) is 4.42. The second-order valence-electron chi connectivity index (χ2n) is 3.65. The minimum atomic E-state index is -1.42. The molecule has 1 aliphatic heterocycles. The summed E-state index contributed by atoms with van der Waals surface area (Å²) in [6, 6.07) is 6.48. The van der Waals surface area contributed by atoms with Crippen molar-refractivity contribution in [3.05, 3.63) is 29.8 Å². The van der Waals surface area contributed by atoms with Crippen LogP contribution in [0.4, 0.5) is 4.79 Å². The van der Waals surface area contributed by atoms with Gasteiger partial charge in [0.1, 0.15) is 5.75 Å². The first kappa shape index (κ1) is 11.4.